The van der Waals surface area contributed by atoms with E-state index in [0.717, 1.165) is 29.1 Å². The van der Waals surface area contributed by atoms with E-state index in [1.165, 1.54) is 12.1 Å². The van der Waals surface area contributed by atoms with Gasteiger partial charge in [0, 0.05) is 34.5 Å². The van der Waals surface area contributed by atoms with Crippen LogP contribution in [-0.4, -0.2) is 16.0 Å². The fraction of sp³-hybridized carbons (Fsp3) is 0.115. The summed E-state index contributed by atoms with van der Waals surface area (Å²) in [7, 11) is 0. The lowest BCUT2D eigenvalue weighted by Gasteiger charge is -2.12. The first-order chi connectivity index (χ1) is 17.1. The van der Waals surface area contributed by atoms with E-state index >= 15 is 0 Å². The van der Waals surface area contributed by atoms with Gasteiger partial charge in [-0.05, 0) is 68.4 Å². The van der Waals surface area contributed by atoms with Crippen LogP contribution in [0.25, 0.3) is 0 Å². The van der Waals surface area contributed by atoms with Crippen LogP contribution in [0.1, 0.15) is 16.8 Å². The highest BCUT2D eigenvalue weighted by atomic mass is 19.4. The molecule has 1 aromatic heterocycles. The zero-order chi connectivity index (χ0) is 25.7. The smallest absolute Gasteiger partial charge is 0.340 e. The fourth-order valence-electron chi connectivity index (χ4n) is 3.31. The summed E-state index contributed by atoms with van der Waals surface area (Å²) < 4.78 is 38.6. The topological polar surface area (TPSA) is 91.0 Å². The third-order valence-corrected chi connectivity index (χ3v) is 5.02. The van der Waals surface area contributed by atoms with Gasteiger partial charge in [0.05, 0.1) is 5.56 Å². The molecule has 0 fully saturated rings. The van der Waals surface area contributed by atoms with Crippen LogP contribution < -0.4 is 21.3 Å². The van der Waals surface area contributed by atoms with Crippen molar-refractivity contribution in [2.24, 2.45) is 0 Å². The highest BCUT2D eigenvalue weighted by Gasteiger charge is 2.30. The number of carbonyl (C=O) groups is 1. The van der Waals surface area contributed by atoms with Gasteiger partial charge in [0.1, 0.15) is 5.82 Å². The standard InChI is InChI=1S/C26H23F3N6O/c1-16-6-8-19(9-7-16)31-23-14-17(2)30-24(35-23)32-20-10-12-21(13-11-20)33-25(36)34-22-5-3-4-18(15-22)26(27,28)29/h3-15H,1-2H3,(H2,33,34,36)(H2,30,31,32,35). The first-order valence-electron chi connectivity index (χ1n) is 11.0. The summed E-state index contributed by atoms with van der Waals surface area (Å²) in [6, 6.07) is 20.3. The Labute approximate surface area is 205 Å². The molecular formula is C26H23F3N6O. The maximum absolute atomic E-state index is 12.9. The van der Waals surface area contributed by atoms with Gasteiger partial charge in [-0.3, -0.25) is 0 Å². The third-order valence-electron chi connectivity index (χ3n) is 5.02. The summed E-state index contributed by atoms with van der Waals surface area (Å²) in [5.41, 5.74) is 3.17. The van der Waals surface area contributed by atoms with Gasteiger partial charge in [-0.2, -0.15) is 18.2 Å². The number of aromatic nitrogens is 2. The Morgan fingerprint density at radius 3 is 2.03 bits per heavy atom. The zero-order valence-corrected chi connectivity index (χ0v) is 19.4. The molecule has 0 atom stereocenters. The summed E-state index contributed by atoms with van der Waals surface area (Å²) in [6.45, 7) is 3.88. The van der Waals surface area contributed by atoms with E-state index in [1.807, 2.05) is 44.2 Å². The summed E-state index contributed by atoms with van der Waals surface area (Å²) >= 11 is 0. The van der Waals surface area contributed by atoms with E-state index in [9.17, 15) is 18.0 Å². The highest BCUT2D eigenvalue weighted by molar-refractivity contribution is 5.99. The van der Waals surface area contributed by atoms with E-state index in [4.69, 9.17) is 0 Å². The van der Waals surface area contributed by atoms with Crippen molar-refractivity contribution in [2.45, 2.75) is 20.0 Å². The molecule has 0 aliphatic rings. The number of alkyl halides is 3. The average Bonchev–Trinajstić information content (AvgIpc) is 2.81. The number of anilines is 6. The minimum Gasteiger partial charge on any atom is -0.340 e. The third kappa shape index (κ3) is 6.72. The number of nitrogens with zero attached hydrogens (tertiary/aromatic N) is 2. The molecule has 4 N–H and O–H groups in total. The van der Waals surface area contributed by atoms with Crippen LogP contribution in [0.2, 0.25) is 0 Å². The van der Waals surface area contributed by atoms with Crippen LogP contribution in [0, 0.1) is 13.8 Å². The first kappa shape index (κ1) is 24.5. The van der Waals surface area contributed by atoms with Crippen molar-refractivity contribution in [3.63, 3.8) is 0 Å². The number of aryl methyl sites for hydroxylation is 2. The van der Waals surface area contributed by atoms with Crippen molar-refractivity contribution >= 4 is 40.5 Å². The van der Waals surface area contributed by atoms with Gasteiger partial charge in [-0.1, -0.05) is 23.8 Å². The number of hydrogen-bond donors (Lipinski definition) is 4. The molecule has 184 valence electrons. The molecule has 2 amide bonds. The normalized spacial score (nSPS) is 11.0. The second kappa shape index (κ2) is 10.3. The van der Waals surface area contributed by atoms with E-state index in [2.05, 4.69) is 31.2 Å². The number of hydrogen-bond acceptors (Lipinski definition) is 5. The van der Waals surface area contributed by atoms with Gasteiger partial charge in [-0.25, -0.2) is 9.78 Å². The van der Waals surface area contributed by atoms with Crippen LogP contribution >= 0.6 is 0 Å². The molecule has 0 saturated heterocycles. The molecule has 0 aliphatic heterocycles. The number of amides is 2. The van der Waals surface area contributed by atoms with Gasteiger partial charge in [0.2, 0.25) is 5.95 Å². The van der Waals surface area contributed by atoms with Gasteiger partial charge in [0.25, 0.3) is 0 Å². The molecule has 10 heteroatoms. The number of halogens is 3. The number of urea groups is 1. The zero-order valence-electron chi connectivity index (χ0n) is 19.4. The highest BCUT2D eigenvalue weighted by Crippen LogP contribution is 2.30. The number of rotatable bonds is 6. The molecule has 7 nitrogen and oxygen atoms in total. The largest absolute Gasteiger partial charge is 0.416 e. The molecule has 0 bridgehead atoms. The Morgan fingerprint density at radius 1 is 0.722 bits per heavy atom. The molecule has 1 heterocycles. The lowest BCUT2D eigenvalue weighted by molar-refractivity contribution is -0.137. The Balaban J connectivity index is 1.37. The molecule has 4 rings (SSSR count). The molecule has 3 aromatic carbocycles. The predicted octanol–water partition coefficient (Wildman–Crippen LogP) is 7.24. The second-order valence-electron chi connectivity index (χ2n) is 8.07. The minimum atomic E-state index is -4.49. The number of benzene rings is 3. The first-order valence-corrected chi connectivity index (χ1v) is 11.0. The van der Waals surface area contributed by atoms with Gasteiger partial charge < -0.3 is 21.3 Å². The van der Waals surface area contributed by atoms with Crippen LogP contribution in [0.4, 0.5) is 52.5 Å². The van der Waals surface area contributed by atoms with E-state index in [0.29, 0.717) is 23.1 Å². The maximum Gasteiger partial charge on any atom is 0.416 e. The molecule has 0 unspecified atom stereocenters. The molecule has 0 radical (unpaired) electrons. The predicted molar refractivity (Wildman–Crippen MR) is 135 cm³/mol. The van der Waals surface area contributed by atoms with Crippen molar-refractivity contribution in [1.29, 1.82) is 0 Å². The Kier molecular flexibility index (Phi) is 7.05. The van der Waals surface area contributed by atoms with Crippen LogP contribution in [0.5, 0.6) is 0 Å². The monoisotopic (exact) mass is 492 g/mol. The van der Waals surface area contributed by atoms with Crippen molar-refractivity contribution in [2.75, 3.05) is 21.3 Å². The molecule has 0 saturated carbocycles. The molecule has 4 aromatic rings. The lowest BCUT2D eigenvalue weighted by atomic mass is 10.2. The van der Waals surface area contributed by atoms with Crippen LogP contribution in [0.3, 0.4) is 0 Å². The Bertz CT molecular complexity index is 1360. The molecule has 36 heavy (non-hydrogen) atoms. The van der Waals surface area contributed by atoms with Crippen LogP contribution in [-0.2, 0) is 6.18 Å². The number of nitrogens with one attached hydrogen (secondary N) is 4. The Hall–Kier alpha value is -4.60. The van der Waals surface area contributed by atoms with Gasteiger partial charge in [0.15, 0.2) is 0 Å². The number of carbonyl (C=O) groups excluding carboxylic acids is 1. The van der Waals surface area contributed by atoms with Crippen LogP contribution in [0.15, 0.2) is 78.9 Å². The summed E-state index contributed by atoms with van der Waals surface area (Å²) in [5, 5.41) is 11.4. The maximum atomic E-state index is 12.9. The summed E-state index contributed by atoms with van der Waals surface area (Å²) in [4.78, 5) is 21.1. The van der Waals surface area contributed by atoms with E-state index in [-0.39, 0.29) is 5.69 Å². The quantitative estimate of drug-likeness (QED) is 0.228. The lowest BCUT2D eigenvalue weighted by Crippen LogP contribution is -2.19. The molecular weight excluding hydrogens is 469 g/mol. The summed E-state index contributed by atoms with van der Waals surface area (Å²) in [5.74, 6) is 1.03. The Morgan fingerprint density at radius 2 is 1.33 bits per heavy atom. The fourth-order valence-corrected chi connectivity index (χ4v) is 3.31. The van der Waals surface area contributed by atoms with E-state index in [1.54, 1.807) is 24.3 Å². The van der Waals surface area contributed by atoms with Crippen molar-refractivity contribution in [3.05, 3.63) is 95.7 Å². The molecule has 0 aliphatic carbocycles. The SMILES string of the molecule is Cc1ccc(Nc2cc(C)nc(Nc3ccc(NC(=O)Nc4cccc(C(F)(F)F)c4)cc3)n2)cc1. The van der Waals surface area contributed by atoms with Crippen molar-refractivity contribution in [3.8, 4) is 0 Å². The van der Waals surface area contributed by atoms with Gasteiger partial charge >= 0.3 is 12.2 Å². The van der Waals surface area contributed by atoms with Gasteiger partial charge in [-0.15, -0.1) is 0 Å². The van der Waals surface area contributed by atoms with Crippen molar-refractivity contribution in [1.82, 2.24) is 9.97 Å². The second-order valence-corrected chi connectivity index (χ2v) is 8.07. The van der Waals surface area contributed by atoms with E-state index < -0.39 is 17.8 Å². The average molecular weight is 493 g/mol. The van der Waals surface area contributed by atoms with Crippen molar-refractivity contribution < 1.29 is 18.0 Å². The minimum absolute atomic E-state index is 0.0345. The summed E-state index contributed by atoms with van der Waals surface area (Å²) in [6.07, 6.45) is -4.49. The molecule has 0 spiro atoms.